The molecule has 0 saturated heterocycles. The van der Waals surface area contributed by atoms with E-state index in [0.717, 1.165) is 17.9 Å². The van der Waals surface area contributed by atoms with Crippen LogP contribution >= 0.6 is 0 Å². The number of hydrogen-bond acceptors (Lipinski definition) is 4. The fraction of sp³-hybridized carbons (Fsp3) is 0.375. The highest BCUT2D eigenvalue weighted by molar-refractivity contribution is 5.48. The summed E-state index contributed by atoms with van der Waals surface area (Å²) < 4.78 is 5.21. The molecule has 0 amide bonds. The van der Waals surface area contributed by atoms with Crippen LogP contribution in [0.5, 0.6) is 5.88 Å². The highest BCUT2D eigenvalue weighted by atomic mass is 16.5. The van der Waals surface area contributed by atoms with Crippen molar-refractivity contribution in [1.82, 2.24) is 9.97 Å². The lowest BCUT2D eigenvalue weighted by Gasteiger charge is -2.26. The predicted octanol–water partition coefficient (Wildman–Crippen LogP) is 3.18. The third-order valence-corrected chi connectivity index (χ3v) is 3.48. The number of anilines is 1. The van der Waals surface area contributed by atoms with Crippen LogP contribution < -0.4 is 10.1 Å². The molecule has 0 aliphatic heterocycles. The maximum absolute atomic E-state index is 5.21. The van der Waals surface area contributed by atoms with Crippen molar-refractivity contribution in [3.05, 3.63) is 47.8 Å². The van der Waals surface area contributed by atoms with Crippen molar-refractivity contribution in [2.24, 2.45) is 0 Å². The third kappa shape index (κ3) is 3.07. The second-order valence-electron chi connectivity index (χ2n) is 5.46. The van der Waals surface area contributed by atoms with Gasteiger partial charge < -0.3 is 10.1 Å². The van der Waals surface area contributed by atoms with E-state index in [4.69, 9.17) is 4.74 Å². The Morgan fingerprint density at radius 2 is 1.85 bits per heavy atom. The highest BCUT2D eigenvalue weighted by Gasteiger charge is 2.20. The molecule has 20 heavy (non-hydrogen) atoms. The van der Waals surface area contributed by atoms with E-state index in [1.807, 2.05) is 13.0 Å². The minimum Gasteiger partial charge on any atom is -0.481 e. The highest BCUT2D eigenvalue weighted by Crippen LogP contribution is 2.25. The number of rotatable bonds is 5. The molecule has 106 valence electrons. The summed E-state index contributed by atoms with van der Waals surface area (Å²) in [4.78, 5) is 8.37. The minimum absolute atomic E-state index is 0.0197. The molecule has 0 bridgehead atoms. The Morgan fingerprint density at radius 3 is 2.50 bits per heavy atom. The van der Waals surface area contributed by atoms with Gasteiger partial charge in [0.15, 0.2) is 0 Å². The average Bonchev–Trinajstić information content (AvgIpc) is 2.47. The zero-order chi connectivity index (χ0) is 14.6. The van der Waals surface area contributed by atoms with Crippen LogP contribution in [0.25, 0.3) is 0 Å². The molecule has 0 aliphatic rings. The summed E-state index contributed by atoms with van der Waals surface area (Å²) in [5.41, 5.74) is 2.25. The van der Waals surface area contributed by atoms with Gasteiger partial charge in [-0.2, -0.15) is 0 Å². The van der Waals surface area contributed by atoms with Gasteiger partial charge in [0.2, 0.25) is 5.88 Å². The van der Waals surface area contributed by atoms with Crippen LogP contribution in [0, 0.1) is 6.92 Å². The summed E-state index contributed by atoms with van der Waals surface area (Å²) in [7, 11) is 1.62. The molecule has 0 atom stereocenters. The Bertz CT molecular complexity index is 567. The second-order valence-corrected chi connectivity index (χ2v) is 5.46. The van der Waals surface area contributed by atoms with E-state index in [1.165, 1.54) is 11.9 Å². The van der Waals surface area contributed by atoms with Gasteiger partial charge in [0.05, 0.1) is 12.7 Å². The van der Waals surface area contributed by atoms with Crippen molar-refractivity contribution in [1.29, 1.82) is 0 Å². The Balaban J connectivity index is 2.13. The average molecular weight is 271 g/mol. The fourth-order valence-corrected chi connectivity index (χ4v) is 2.11. The van der Waals surface area contributed by atoms with Crippen molar-refractivity contribution >= 4 is 5.82 Å². The first kappa shape index (κ1) is 14.3. The molecule has 1 N–H and O–H groups in total. The summed E-state index contributed by atoms with van der Waals surface area (Å²) in [5.74, 6) is 1.43. The van der Waals surface area contributed by atoms with E-state index >= 15 is 0 Å². The van der Waals surface area contributed by atoms with Crippen LogP contribution in [0.15, 0.2) is 36.7 Å². The Hall–Kier alpha value is -2.10. The normalized spacial score (nSPS) is 11.2. The molecule has 0 saturated carbocycles. The summed E-state index contributed by atoms with van der Waals surface area (Å²) in [6.45, 7) is 7.17. The number of benzene rings is 1. The van der Waals surface area contributed by atoms with Crippen LogP contribution in [0.1, 0.15) is 25.0 Å². The number of hydrogen-bond donors (Lipinski definition) is 1. The Morgan fingerprint density at radius 1 is 1.15 bits per heavy atom. The van der Waals surface area contributed by atoms with E-state index in [1.54, 1.807) is 7.11 Å². The molecule has 0 aliphatic carbocycles. The number of nitrogens with zero attached hydrogens (tertiary/aromatic N) is 2. The van der Waals surface area contributed by atoms with Gasteiger partial charge in [0.1, 0.15) is 12.1 Å². The number of aromatic nitrogens is 2. The maximum Gasteiger partial charge on any atom is 0.221 e. The van der Waals surface area contributed by atoms with E-state index in [0.29, 0.717) is 5.88 Å². The van der Waals surface area contributed by atoms with E-state index in [-0.39, 0.29) is 5.41 Å². The molecule has 1 heterocycles. The first-order valence-corrected chi connectivity index (χ1v) is 6.69. The molecule has 0 fully saturated rings. The summed E-state index contributed by atoms with van der Waals surface area (Å²) in [6.07, 6.45) is 1.52. The molecule has 2 rings (SSSR count). The number of methoxy groups -OCH3 is 1. The molecular weight excluding hydrogens is 250 g/mol. The van der Waals surface area contributed by atoms with E-state index in [2.05, 4.69) is 53.4 Å². The number of ether oxygens (including phenoxy) is 1. The van der Waals surface area contributed by atoms with Crippen molar-refractivity contribution in [2.45, 2.75) is 26.2 Å². The molecule has 0 unspecified atom stereocenters. The fourth-order valence-electron chi connectivity index (χ4n) is 2.11. The van der Waals surface area contributed by atoms with Crippen molar-refractivity contribution in [3.8, 4) is 5.88 Å². The SMILES string of the molecule is COc1ncnc(NCC(C)(C)c2ccccc2)c1C. The van der Waals surface area contributed by atoms with Crippen molar-refractivity contribution in [3.63, 3.8) is 0 Å². The van der Waals surface area contributed by atoms with E-state index in [9.17, 15) is 0 Å². The van der Waals surface area contributed by atoms with Gasteiger partial charge in [-0.3, -0.25) is 0 Å². The van der Waals surface area contributed by atoms with Crippen LogP contribution in [0.4, 0.5) is 5.82 Å². The molecule has 0 spiro atoms. The molecule has 4 heteroatoms. The first-order chi connectivity index (χ1) is 9.54. The first-order valence-electron chi connectivity index (χ1n) is 6.69. The predicted molar refractivity (Wildman–Crippen MR) is 81.3 cm³/mol. The van der Waals surface area contributed by atoms with Crippen LogP contribution in [0.3, 0.4) is 0 Å². The zero-order valence-corrected chi connectivity index (χ0v) is 12.5. The van der Waals surface area contributed by atoms with Gasteiger partial charge in [-0.05, 0) is 12.5 Å². The molecule has 4 nitrogen and oxygen atoms in total. The molecular formula is C16H21N3O. The van der Waals surface area contributed by atoms with E-state index < -0.39 is 0 Å². The Labute approximate surface area is 120 Å². The monoisotopic (exact) mass is 271 g/mol. The van der Waals surface area contributed by atoms with Gasteiger partial charge in [-0.1, -0.05) is 44.2 Å². The quantitative estimate of drug-likeness (QED) is 0.907. The van der Waals surface area contributed by atoms with Gasteiger partial charge in [0, 0.05) is 12.0 Å². The smallest absolute Gasteiger partial charge is 0.221 e. The van der Waals surface area contributed by atoms with Crippen LogP contribution in [-0.2, 0) is 5.41 Å². The summed E-state index contributed by atoms with van der Waals surface area (Å²) in [6, 6.07) is 10.5. The standard InChI is InChI=1S/C16H21N3O/c1-12-14(18-11-19-15(12)20-4)17-10-16(2,3)13-8-6-5-7-9-13/h5-9,11H,10H2,1-4H3,(H,17,18,19). The lowest BCUT2D eigenvalue weighted by atomic mass is 9.84. The van der Waals surface area contributed by atoms with Gasteiger partial charge in [-0.15, -0.1) is 0 Å². The van der Waals surface area contributed by atoms with Crippen molar-refractivity contribution < 1.29 is 4.74 Å². The minimum atomic E-state index is 0.0197. The molecule has 1 aromatic carbocycles. The zero-order valence-electron chi connectivity index (χ0n) is 12.5. The largest absolute Gasteiger partial charge is 0.481 e. The second kappa shape index (κ2) is 5.90. The summed E-state index contributed by atoms with van der Waals surface area (Å²) >= 11 is 0. The molecule has 1 aromatic heterocycles. The Kier molecular flexibility index (Phi) is 4.23. The van der Waals surface area contributed by atoms with Gasteiger partial charge in [-0.25, -0.2) is 9.97 Å². The topological polar surface area (TPSA) is 47.0 Å². The molecule has 0 radical (unpaired) electrons. The third-order valence-electron chi connectivity index (χ3n) is 3.48. The van der Waals surface area contributed by atoms with Gasteiger partial charge in [0.25, 0.3) is 0 Å². The number of nitrogens with one attached hydrogen (secondary N) is 1. The van der Waals surface area contributed by atoms with Gasteiger partial charge >= 0.3 is 0 Å². The molecule has 2 aromatic rings. The van der Waals surface area contributed by atoms with Crippen molar-refractivity contribution in [2.75, 3.05) is 19.0 Å². The maximum atomic E-state index is 5.21. The lowest BCUT2D eigenvalue weighted by molar-refractivity contribution is 0.393. The van der Waals surface area contributed by atoms with Crippen LogP contribution in [-0.4, -0.2) is 23.6 Å². The lowest BCUT2D eigenvalue weighted by Crippen LogP contribution is -2.28. The van der Waals surface area contributed by atoms with Crippen LogP contribution in [0.2, 0.25) is 0 Å². The summed E-state index contributed by atoms with van der Waals surface area (Å²) in [5, 5.41) is 3.40.